The van der Waals surface area contributed by atoms with Gasteiger partial charge in [0.15, 0.2) is 0 Å². The molecule has 5 rings (SSSR count). The maximum Gasteiger partial charge on any atom is 0.491 e. The SMILES string of the molecule is CNC(=O)c1c(-c2ccc(F)cc2)oc2cc(CN(Cc3ccc(B(O)O)c(F)c3)S(=O)O)c(C3CC3)cc12. The monoisotopic (exact) mass is 554 g/mol. The fraction of sp³-hybridized carbons (Fsp3) is 0.222. The molecule has 0 aliphatic heterocycles. The second-order valence-electron chi connectivity index (χ2n) is 9.47. The van der Waals surface area contributed by atoms with Gasteiger partial charge in [-0.15, -0.1) is 0 Å². The van der Waals surface area contributed by atoms with E-state index in [1.54, 1.807) is 6.07 Å². The number of hydrogen-bond donors (Lipinski definition) is 4. The number of nitrogens with one attached hydrogen (secondary N) is 1. The number of fused-ring (bicyclic) bond motifs is 1. The van der Waals surface area contributed by atoms with Gasteiger partial charge < -0.3 is 19.8 Å². The van der Waals surface area contributed by atoms with E-state index in [2.05, 4.69) is 5.32 Å². The summed E-state index contributed by atoms with van der Waals surface area (Å²) < 4.78 is 57.5. The summed E-state index contributed by atoms with van der Waals surface area (Å²) in [4.78, 5) is 12.9. The third-order valence-corrected chi connectivity index (χ3v) is 7.50. The fourth-order valence-electron chi connectivity index (χ4n) is 4.71. The number of halogens is 2. The summed E-state index contributed by atoms with van der Waals surface area (Å²) in [5.41, 5.74) is 2.94. The molecule has 1 saturated carbocycles. The molecule has 1 atom stereocenters. The molecule has 202 valence electrons. The van der Waals surface area contributed by atoms with Crippen LogP contribution in [0.15, 0.2) is 59.0 Å². The van der Waals surface area contributed by atoms with Crippen LogP contribution in [-0.2, 0) is 24.4 Å². The number of carbonyl (C=O) groups is 1. The molecular weight excluding hydrogens is 529 g/mol. The molecule has 1 aliphatic rings. The highest BCUT2D eigenvalue weighted by Gasteiger charge is 2.30. The molecule has 1 fully saturated rings. The van der Waals surface area contributed by atoms with E-state index < -0.39 is 30.0 Å². The number of hydrogen-bond acceptors (Lipinski definition) is 5. The molecular formula is C27H25BF2N2O6S. The number of furan rings is 1. The summed E-state index contributed by atoms with van der Waals surface area (Å²) in [6.45, 7) is -0.0643. The van der Waals surface area contributed by atoms with Crippen molar-refractivity contribution in [1.82, 2.24) is 9.62 Å². The van der Waals surface area contributed by atoms with Crippen molar-refractivity contribution in [3.63, 3.8) is 0 Å². The Balaban J connectivity index is 1.55. The molecule has 1 unspecified atom stereocenters. The molecule has 1 heterocycles. The quantitative estimate of drug-likeness (QED) is 0.186. The molecule has 1 aliphatic carbocycles. The zero-order valence-electron chi connectivity index (χ0n) is 20.9. The van der Waals surface area contributed by atoms with Crippen LogP contribution in [0.2, 0.25) is 0 Å². The lowest BCUT2D eigenvalue weighted by molar-refractivity contribution is 0.0964. The normalized spacial score (nSPS) is 14.1. The van der Waals surface area contributed by atoms with Crippen LogP contribution < -0.4 is 10.8 Å². The molecule has 39 heavy (non-hydrogen) atoms. The Hall–Kier alpha value is -3.42. The maximum atomic E-state index is 14.3. The maximum absolute atomic E-state index is 14.3. The summed E-state index contributed by atoms with van der Waals surface area (Å²) in [6.07, 6.45) is 1.85. The van der Waals surface area contributed by atoms with Crippen molar-refractivity contribution in [2.24, 2.45) is 0 Å². The van der Waals surface area contributed by atoms with Crippen molar-refractivity contribution in [2.75, 3.05) is 7.05 Å². The lowest BCUT2D eigenvalue weighted by Gasteiger charge is -2.20. The van der Waals surface area contributed by atoms with Gasteiger partial charge in [0, 0.05) is 36.5 Å². The Morgan fingerprint density at radius 3 is 2.41 bits per heavy atom. The molecule has 0 spiro atoms. The molecule has 0 saturated heterocycles. The van der Waals surface area contributed by atoms with E-state index in [1.165, 1.54) is 47.8 Å². The van der Waals surface area contributed by atoms with Gasteiger partial charge in [-0.05, 0) is 77.9 Å². The number of rotatable bonds is 9. The van der Waals surface area contributed by atoms with Crippen LogP contribution in [0, 0.1) is 11.6 Å². The first-order valence-corrected chi connectivity index (χ1v) is 13.3. The zero-order chi connectivity index (χ0) is 27.8. The molecule has 1 aromatic heterocycles. The average molecular weight is 554 g/mol. The van der Waals surface area contributed by atoms with Crippen LogP contribution >= 0.6 is 0 Å². The van der Waals surface area contributed by atoms with Gasteiger partial charge in [0.1, 0.15) is 23.0 Å². The number of benzene rings is 3. The molecule has 0 bridgehead atoms. The minimum absolute atomic E-state index is 0.0266. The van der Waals surface area contributed by atoms with Gasteiger partial charge in [-0.2, -0.15) is 4.31 Å². The van der Waals surface area contributed by atoms with Gasteiger partial charge in [0.2, 0.25) is 11.3 Å². The summed E-state index contributed by atoms with van der Waals surface area (Å²) >= 11 is -2.42. The molecule has 8 nitrogen and oxygen atoms in total. The van der Waals surface area contributed by atoms with Gasteiger partial charge >= 0.3 is 7.12 Å². The summed E-state index contributed by atoms with van der Waals surface area (Å²) in [7, 11) is -0.459. The van der Waals surface area contributed by atoms with Crippen molar-refractivity contribution >= 4 is 40.7 Å². The zero-order valence-corrected chi connectivity index (χ0v) is 21.7. The van der Waals surface area contributed by atoms with E-state index in [1.807, 2.05) is 6.07 Å². The van der Waals surface area contributed by atoms with E-state index in [4.69, 9.17) is 4.42 Å². The van der Waals surface area contributed by atoms with Crippen LogP contribution in [0.1, 0.15) is 45.8 Å². The van der Waals surface area contributed by atoms with Crippen LogP contribution in [0.3, 0.4) is 0 Å². The second-order valence-corrected chi connectivity index (χ2v) is 10.4. The smallest absolute Gasteiger partial charge is 0.455 e. The Bertz CT molecular complexity index is 1570. The Morgan fingerprint density at radius 1 is 1.10 bits per heavy atom. The summed E-state index contributed by atoms with van der Waals surface area (Å²) in [5, 5.41) is 21.7. The van der Waals surface area contributed by atoms with Crippen LogP contribution in [-0.4, -0.2) is 43.2 Å². The molecule has 4 N–H and O–H groups in total. The first kappa shape index (κ1) is 27.2. The van der Waals surface area contributed by atoms with Crippen LogP contribution in [0.4, 0.5) is 8.78 Å². The third kappa shape index (κ3) is 5.65. The van der Waals surface area contributed by atoms with Crippen molar-refractivity contribution < 1.29 is 36.8 Å². The Morgan fingerprint density at radius 2 is 1.82 bits per heavy atom. The molecule has 0 radical (unpaired) electrons. The molecule has 1 amide bonds. The van der Waals surface area contributed by atoms with Gasteiger partial charge in [0.25, 0.3) is 5.91 Å². The van der Waals surface area contributed by atoms with Crippen LogP contribution in [0.5, 0.6) is 0 Å². The number of nitrogens with zero attached hydrogens (tertiary/aromatic N) is 1. The predicted octanol–water partition coefficient (Wildman–Crippen LogP) is 3.43. The first-order valence-electron chi connectivity index (χ1n) is 12.2. The lowest BCUT2D eigenvalue weighted by atomic mass is 9.79. The largest absolute Gasteiger partial charge is 0.491 e. The van der Waals surface area contributed by atoms with Crippen LogP contribution in [0.25, 0.3) is 22.3 Å². The minimum Gasteiger partial charge on any atom is -0.455 e. The van der Waals surface area contributed by atoms with Gasteiger partial charge in [-0.25, -0.2) is 13.0 Å². The average Bonchev–Trinajstić information content (AvgIpc) is 3.68. The lowest BCUT2D eigenvalue weighted by Crippen LogP contribution is -2.33. The standard InChI is InChI=1S/C27H25BF2N2O6S/c1-31-27(33)25-21-12-20(16-3-4-16)18(11-24(21)38-26(25)17-5-7-19(29)8-6-17)14-32(39(36)37)13-15-2-9-22(28(34)35)23(30)10-15/h2,5-12,16,34-35H,3-4,13-14H2,1H3,(H,31,33)(H,36,37). The van der Waals surface area contributed by atoms with E-state index in [-0.39, 0.29) is 36.1 Å². The number of amides is 1. The van der Waals surface area contributed by atoms with Crippen molar-refractivity contribution in [3.05, 3.63) is 88.5 Å². The Labute approximate surface area is 225 Å². The van der Waals surface area contributed by atoms with Gasteiger partial charge in [-0.1, -0.05) is 12.1 Å². The third-order valence-electron chi connectivity index (χ3n) is 6.80. The minimum atomic E-state index is -2.42. The number of carbonyl (C=O) groups excluding carboxylic acids is 1. The highest BCUT2D eigenvalue weighted by atomic mass is 32.2. The van der Waals surface area contributed by atoms with E-state index >= 15 is 0 Å². The van der Waals surface area contributed by atoms with Crippen molar-refractivity contribution in [2.45, 2.75) is 31.8 Å². The molecule has 4 aromatic rings. The fourth-order valence-corrected chi connectivity index (χ4v) is 5.22. The van der Waals surface area contributed by atoms with Crippen molar-refractivity contribution in [1.29, 1.82) is 0 Å². The highest BCUT2D eigenvalue weighted by molar-refractivity contribution is 7.76. The topological polar surface area (TPSA) is 123 Å². The molecule has 12 heteroatoms. The molecule has 3 aromatic carbocycles. The van der Waals surface area contributed by atoms with E-state index in [9.17, 15) is 32.4 Å². The van der Waals surface area contributed by atoms with E-state index in [0.29, 0.717) is 27.7 Å². The van der Waals surface area contributed by atoms with Gasteiger partial charge in [-0.3, -0.25) is 9.35 Å². The highest BCUT2D eigenvalue weighted by Crippen LogP contribution is 2.45. The van der Waals surface area contributed by atoms with Gasteiger partial charge in [0.05, 0.1) is 5.56 Å². The first-order chi connectivity index (χ1) is 18.7. The summed E-state index contributed by atoms with van der Waals surface area (Å²) in [5.74, 6) is -1.12. The van der Waals surface area contributed by atoms with E-state index in [0.717, 1.165) is 30.0 Å². The van der Waals surface area contributed by atoms with Crippen molar-refractivity contribution in [3.8, 4) is 11.3 Å². The predicted molar refractivity (Wildman–Crippen MR) is 143 cm³/mol. The Kier molecular flexibility index (Phi) is 7.65. The second kappa shape index (κ2) is 11.0. The summed E-state index contributed by atoms with van der Waals surface area (Å²) in [6, 6.07) is 13.0.